The van der Waals surface area contributed by atoms with Crippen LogP contribution in [0.2, 0.25) is 0 Å². The van der Waals surface area contributed by atoms with Gasteiger partial charge in [-0.15, -0.1) is 0 Å². The molecule has 0 aliphatic carbocycles. The number of hydrogen-bond donors (Lipinski definition) is 2. The summed E-state index contributed by atoms with van der Waals surface area (Å²) in [6.45, 7) is 5.00. The minimum atomic E-state index is -0.202. The van der Waals surface area contributed by atoms with Gasteiger partial charge in [0.05, 0.1) is 12.7 Å². The molecule has 1 fully saturated rings. The van der Waals surface area contributed by atoms with Gasteiger partial charge in [0, 0.05) is 25.6 Å². The number of aliphatic hydroxyl groups is 1. The van der Waals surface area contributed by atoms with Crippen LogP contribution in [0.1, 0.15) is 6.92 Å². The lowest BCUT2D eigenvalue weighted by atomic mass is 10.1. The maximum atomic E-state index is 9.27. The number of rotatable bonds is 3. The van der Waals surface area contributed by atoms with E-state index in [0.29, 0.717) is 12.5 Å². The van der Waals surface area contributed by atoms with Crippen LogP contribution in [0.4, 0.5) is 0 Å². The van der Waals surface area contributed by atoms with Crippen LogP contribution < -0.4 is 5.32 Å². The molecule has 0 saturated carbocycles. The molecule has 60 valence electrons. The molecular formula is C7H15NO2. The third kappa shape index (κ3) is 1.94. The Balaban J connectivity index is 2.14. The van der Waals surface area contributed by atoms with Crippen molar-refractivity contribution >= 4 is 0 Å². The molecule has 2 N–H and O–H groups in total. The molecule has 0 amide bonds. The van der Waals surface area contributed by atoms with Crippen LogP contribution in [-0.4, -0.2) is 37.5 Å². The SMILES string of the molecule is CCOC[C@@H]1CNC[C@H]1O. The van der Waals surface area contributed by atoms with Gasteiger partial charge in [0.2, 0.25) is 0 Å². The van der Waals surface area contributed by atoms with Crippen LogP contribution in [0.5, 0.6) is 0 Å². The minimum absolute atomic E-state index is 0.202. The summed E-state index contributed by atoms with van der Waals surface area (Å²) in [6.07, 6.45) is -0.202. The zero-order chi connectivity index (χ0) is 7.40. The molecule has 1 aliphatic heterocycles. The number of aliphatic hydroxyl groups excluding tert-OH is 1. The van der Waals surface area contributed by atoms with E-state index in [1.807, 2.05) is 6.92 Å². The van der Waals surface area contributed by atoms with Gasteiger partial charge in [-0.1, -0.05) is 0 Å². The summed E-state index contributed by atoms with van der Waals surface area (Å²) >= 11 is 0. The van der Waals surface area contributed by atoms with Gasteiger partial charge in [0.1, 0.15) is 0 Å². The van der Waals surface area contributed by atoms with E-state index in [-0.39, 0.29) is 6.10 Å². The summed E-state index contributed by atoms with van der Waals surface area (Å²) in [6, 6.07) is 0. The molecule has 3 heteroatoms. The molecule has 3 nitrogen and oxygen atoms in total. The first-order valence-corrected chi connectivity index (χ1v) is 3.81. The predicted molar refractivity (Wildman–Crippen MR) is 38.9 cm³/mol. The highest BCUT2D eigenvalue weighted by molar-refractivity contribution is 4.79. The average Bonchev–Trinajstić information content (AvgIpc) is 2.31. The third-order valence-corrected chi connectivity index (χ3v) is 1.84. The fraction of sp³-hybridized carbons (Fsp3) is 1.00. The summed E-state index contributed by atoms with van der Waals surface area (Å²) in [5, 5.41) is 12.4. The second kappa shape index (κ2) is 3.91. The van der Waals surface area contributed by atoms with Crippen LogP contribution in [0.25, 0.3) is 0 Å². The molecule has 0 aromatic heterocycles. The Kier molecular flexibility index (Phi) is 3.12. The van der Waals surface area contributed by atoms with Crippen LogP contribution in [-0.2, 0) is 4.74 Å². The average molecular weight is 145 g/mol. The van der Waals surface area contributed by atoms with Crippen molar-refractivity contribution in [3.05, 3.63) is 0 Å². The maximum Gasteiger partial charge on any atom is 0.0726 e. The van der Waals surface area contributed by atoms with Crippen LogP contribution in [0.3, 0.4) is 0 Å². The van der Waals surface area contributed by atoms with E-state index in [1.165, 1.54) is 0 Å². The van der Waals surface area contributed by atoms with Crippen molar-refractivity contribution in [2.24, 2.45) is 5.92 Å². The molecule has 0 unspecified atom stereocenters. The first-order valence-electron chi connectivity index (χ1n) is 3.81. The van der Waals surface area contributed by atoms with Crippen molar-refractivity contribution in [3.8, 4) is 0 Å². The van der Waals surface area contributed by atoms with Gasteiger partial charge in [-0.05, 0) is 6.92 Å². The summed E-state index contributed by atoms with van der Waals surface area (Å²) in [4.78, 5) is 0. The lowest BCUT2D eigenvalue weighted by molar-refractivity contribution is 0.0589. The number of hydrogen-bond acceptors (Lipinski definition) is 3. The second-order valence-electron chi connectivity index (χ2n) is 2.65. The number of nitrogens with one attached hydrogen (secondary N) is 1. The van der Waals surface area contributed by atoms with Crippen molar-refractivity contribution in [2.75, 3.05) is 26.3 Å². The molecule has 2 atom stereocenters. The molecule has 10 heavy (non-hydrogen) atoms. The summed E-state index contributed by atoms with van der Waals surface area (Å²) in [5.74, 6) is 0.306. The smallest absolute Gasteiger partial charge is 0.0726 e. The highest BCUT2D eigenvalue weighted by Crippen LogP contribution is 2.08. The number of β-amino-alcohol motifs (C(OH)–C–C–N with tert-alkyl or cyclic N) is 1. The van der Waals surface area contributed by atoms with Crippen LogP contribution in [0.15, 0.2) is 0 Å². The molecule has 1 saturated heterocycles. The van der Waals surface area contributed by atoms with Gasteiger partial charge in [0.15, 0.2) is 0 Å². The van der Waals surface area contributed by atoms with Crippen molar-refractivity contribution in [2.45, 2.75) is 13.0 Å². The highest BCUT2D eigenvalue weighted by Gasteiger charge is 2.24. The number of ether oxygens (including phenoxy) is 1. The van der Waals surface area contributed by atoms with Crippen LogP contribution >= 0.6 is 0 Å². The van der Waals surface area contributed by atoms with E-state index >= 15 is 0 Å². The van der Waals surface area contributed by atoms with Gasteiger partial charge < -0.3 is 15.2 Å². The predicted octanol–water partition coefficient (Wildman–Crippen LogP) is -0.397. The van der Waals surface area contributed by atoms with E-state index in [4.69, 9.17) is 4.74 Å². The van der Waals surface area contributed by atoms with Gasteiger partial charge in [-0.25, -0.2) is 0 Å². The first kappa shape index (κ1) is 7.98. The van der Waals surface area contributed by atoms with Gasteiger partial charge in [0.25, 0.3) is 0 Å². The topological polar surface area (TPSA) is 41.5 Å². The molecule has 0 spiro atoms. The van der Waals surface area contributed by atoms with Gasteiger partial charge in [-0.3, -0.25) is 0 Å². The molecule has 0 radical (unpaired) electrons. The van der Waals surface area contributed by atoms with E-state index in [9.17, 15) is 5.11 Å². The minimum Gasteiger partial charge on any atom is -0.391 e. The maximum absolute atomic E-state index is 9.27. The Bertz CT molecular complexity index is 97.6. The fourth-order valence-corrected chi connectivity index (χ4v) is 1.16. The molecule has 0 aromatic rings. The monoisotopic (exact) mass is 145 g/mol. The second-order valence-corrected chi connectivity index (χ2v) is 2.65. The molecule has 0 bridgehead atoms. The van der Waals surface area contributed by atoms with E-state index in [0.717, 1.165) is 19.7 Å². The van der Waals surface area contributed by atoms with Gasteiger partial charge in [-0.2, -0.15) is 0 Å². The lowest BCUT2D eigenvalue weighted by Gasteiger charge is -2.11. The lowest BCUT2D eigenvalue weighted by Crippen LogP contribution is -2.22. The quantitative estimate of drug-likeness (QED) is 0.568. The largest absolute Gasteiger partial charge is 0.391 e. The Hall–Kier alpha value is -0.120. The van der Waals surface area contributed by atoms with Crippen molar-refractivity contribution in [1.29, 1.82) is 0 Å². The molecule has 1 rings (SSSR count). The molecule has 1 aliphatic rings. The molecule has 0 aromatic carbocycles. The van der Waals surface area contributed by atoms with Crippen molar-refractivity contribution in [3.63, 3.8) is 0 Å². The molecular weight excluding hydrogens is 130 g/mol. The van der Waals surface area contributed by atoms with Crippen molar-refractivity contribution < 1.29 is 9.84 Å². The Morgan fingerprint density at radius 2 is 2.40 bits per heavy atom. The summed E-state index contributed by atoms with van der Waals surface area (Å²) in [5.41, 5.74) is 0. The highest BCUT2D eigenvalue weighted by atomic mass is 16.5. The Labute approximate surface area is 61.4 Å². The van der Waals surface area contributed by atoms with Crippen LogP contribution in [0, 0.1) is 5.92 Å². The molecule has 1 heterocycles. The van der Waals surface area contributed by atoms with Gasteiger partial charge >= 0.3 is 0 Å². The van der Waals surface area contributed by atoms with Crippen molar-refractivity contribution in [1.82, 2.24) is 5.32 Å². The first-order chi connectivity index (χ1) is 4.84. The Morgan fingerprint density at radius 3 is 2.90 bits per heavy atom. The summed E-state index contributed by atoms with van der Waals surface area (Å²) < 4.78 is 5.19. The van der Waals surface area contributed by atoms with E-state index < -0.39 is 0 Å². The zero-order valence-electron chi connectivity index (χ0n) is 6.34. The normalized spacial score (nSPS) is 33.0. The van der Waals surface area contributed by atoms with E-state index in [2.05, 4.69) is 5.32 Å². The summed E-state index contributed by atoms with van der Waals surface area (Å²) in [7, 11) is 0. The Morgan fingerprint density at radius 1 is 1.60 bits per heavy atom. The zero-order valence-corrected chi connectivity index (χ0v) is 6.34. The standard InChI is InChI=1S/C7H15NO2/c1-2-10-5-6-3-8-4-7(6)9/h6-9H,2-5H2,1H3/t6-,7+/m0/s1. The third-order valence-electron chi connectivity index (χ3n) is 1.84. The fourth-order valence-electron chi connectivity index (χ4n) is 1.16. The van der Waals surface area contributed by atoms with E-state index in [1.54, 1.807) is 0 Å².